The molecule has 0 aliphatic rings. The quantitative estimate of drug-likeness (QED) is 0.862. The molecule has 0 radical (unpaired) electrons. The summed E-state index contributed by atoms with van der Waals surface area (Å²) in [5.74, 6) is -1.13. The number of carbonyl (C=O) groups is 1. The van der Waals surface area contributed by atoms with Gasteiger partial charge in [0, 0.05) is 21.4 Å². The monoisotopic (exact) mass is 353 g/mol. The highest BCUT2D eigenvalue weighted by molar-refractivity contribution is 7.84. The van der Waals surface area contributed by atoms with Crippen LogP contribution in [0.2, 0.25) is 5.02 Å². The summed E-state index contributed by atoms with van der Waals surface area (Å²) in [6.45, 7) is 1.85. The normalized spacial score (nSPS) is 13.3. The van der Waals surface area contributed by atoms with Gasteiger partial charge in [0.2, 0.25) is 5.91 Å². The predicted octanol–water partition coefficient (Wildman–Crippen LogP) is 3.61. The van der Waals surface area contributed by atoms with Gasteiger partial charge in [0.05, 0.1) is 11.8 Å². The summed E-state index contributed by atoms with van der Waals surface area (Å²) in [5.41, 5.74) is 1.14. The number of amides is 1. The number of nitrogens with one attached hydrogen (secondary N) is 1. The molecule has 23 heavy (non-hydrogen) atoms. The molecule has 2 aromatic carbocycles. The molecule has 3 nitrogen and oxygen atoms in total. The fraction of sp³-hybridized carbons (Fsp3) is 0.235. The van der Waals surface area contributed by atoms with Gasteiger partial charge >= 0.3 is 0 Å². The fourth-order valence-corrected chi connectivity index (χ4v) is 3.54. The van der Waals surface area contributed by atoms with Crippen molar-refractivity contribution < 1.29 is 13.4 Å². The van der Waals surface area contributed by atoms with Crippen LogP contribution in [0.3, 0.4) is 0 Å². The number of rotatable bonds is 6. The molecular formula is C17H17ClFNO2S. The van der Waals surface area contributed by atoms with Crippen LogP contribution >= 0.6 is 11.6 Å². The van der Waals surface area contributed by atoms with Crippen molar-refractivity contribution in [1.29, 1.82) is 0 Å². The molecule has 0 heterocycles. The lowest BCUT2D eigenvalue weighted by Gasteiger charge is -2.14. The Morgan fingerprint density at radius 1 is 1.22 bits per heavy atom. The molecule has 0 fully saturated rings. The van der Waals surface area contributed by atoms with Crippen molar-refractivity contribution in [3.8, 4) is 0 Å². The van der Waals surface area contributed by atoms with E-state index in [4.69, 9.17) is 11.6 Å². The van der Waals surface area contributed by atoms with E-state index >= 15 is 0 Å². The largest absolute Gasteiger partial charge is 0.349 e. The first kappa shape index (κ1) is 17.6. The summed E-state index contributed by atoms with van der Waals surface area (Å²) in [5, 5.41) is 3.00. The lowest BCUT2D eigenvalue weighted by atomic mass is 10.1. The number of carbonyl (C=O) groups excluding carboxylic acids is 1. The van der Waals surface area contributed by atoms with Crippen LogP contribution in [0.1, 0.15) is 24.1 Å². The average Bonchev–Trinajstić information content (AvgIpc) is 2.51. The topological polar surface area (TPSA) is 46.2 Å². The van der Waals surface area contributed by atoms with E-state index in [1.54, 1.807) is 0 Å². The van der Waals surface area contributed by atoms with Gasteiger partial charge in [0.15, 0.2) is 0 Å². The zero-order valence-electron chi connectivity index (χ0n) is 12.6. The third-order valence-corrected chi connectivity index (χ3v) is 4.89. The summed E-state index contributed by atoms with van der Waals surface area (Å²) in [6, 6.07) is 13.6. The van der Waals surface area contributed by atoms with E-state index in [1.165, 1.54) is 18.2 Å². The second-order valence-electron chi connectivity index (χ2n) is 5.13. The van der Waals surface area contributed by atoms with E-state index in [1.807, 2.05) is 37.3 Å². The lowest BCUT2D eigenvalue weighted by Crippen LogP contribution is -2.31. The molecule has 6 heteroatoms. The van der Waals surface area contributed by atoms with Gasteiger partial charge in [-0.15, -0.1) is 0 Å². The van der Waals surface area contributed by atoms with Crippen molar-refractivity contribution in [2.45, 2.75) is 18.7 Å². The highest BCUT2D eigenvalue weighted by atomic mass is 35.5. The average molecular weight is 354 g/mol. The van der Waals surface area contributed by atoms with Crippen LogP contribution in [-0.2, 0) is 21.3 Å². The molecule has 0 saturated carbocycles. The molecule has 0 aromatic heterocycles. The SMILES string of the molecule is CC(NC(=O)CS(=O)Cc1c(F)cccc1Cl)c1ccccc1. The van der Waals surface area contributed by atoms with Crippen LogP contribution < -0.4 is 5.32 Å². The summed E-state index contributed by atoms with van der Waals surface area (Å²) in [4.78, 5) is 12.0. The second-order valence-corrected chi connectivity index (χ2v) is 6.99. The Balaban J connectivity index is 1.91. The zero-order valence-corrected chi connectivity index (χ0v) is 14.2. The molecule has 2 unspecified atom stereocenters. The molecular weight excluding hydrogens is 337 g/mol. The van der Waals surface area contributed by atoms with Gasteiger partial charge < -0.3 is 5.32 Å². The number of halogens is 2. The minimum atomic E-state index is -1.53. The Labute approximate surface area is 142 Å². The highest BCUT2D eigenvalue weighted by Crippen LogP contribution is 2.20. The zero-order chi connectivity index (χ0) is 16.8. The molecule has 0 spiro atoms. The minimum Gasteiger partial charge on any atom is -0.349 e. The Morgan fingerprint density at radius 3 is 2.57 bits per heavy atom. The van der Waals surface area contributed by atoms with E-state index in [2.05, 4.69) is 5.32 Å². The molecule has 1 amide bonds. The number of hydrogen-bond acceptors (Lipinski definition) is 2. The van der Waals surface area contributed by atoms with E-state index in [0.717, 1.165) is 5.56 Å². The first-order valence-electron chi connectivity index (χ1n) is 7.09. The van der Waals surface area contributed by atoms with E-state index < -0.39 is 16.6 Å². The number of hydrogen-bond donors (Lipinski definition) is 1. The van der Waals surface area contributed by atoms with Crippen molar-refractivity contribution in [2.24, 2.45) is 0 Å². The maximum Gasteiger partial charge on any atom is 0.233 e. The van der Waals surface area contributed by atoms with E-state index in [-0.39, 0.29) is 34.0 Å². The molecule has 0 saturated heterocycles. The molecule has 122 valence electrons. The van der Waals surface area contributed by atoms with Gasteiger partial charge in [0.25, 0.3) is 0 Å². The molecule has 2 rings (SSSR count). The van der Waals surface area contributed by atoms with Crippen molar-refractivity contribution in [3.63, 3.8) is 0 Å². The van der Waals surface area contributed by atoms with E-state index in [0.29, 0.717) is 0 Å². The van der Waals surface area contributed by atoms with Gasteiger partial charge in [-0.05, 0) is 24.6 Å². The van der Waals surface area contributed by atoms with Crippen LogP contribution in [0.25, 0.3) is 0 Å². The Kier molecular flexibility index (Phi) is 6.30. The molecule has 0 aliphatic heterocycles. The molecule has 2 atom stereocenters. The smallest absolute Gasteiger partial charge is 0.233 e. The van der Waals surface area contributed by atoms with Gasteiger partial charge in [-0.2, -0.15) is 0 Å². The van der Waals surface area contributed by atoms with Crippen molar-refractivity contribution in [1.82, 2.24) is 5.32 Å². The number of benzene rings is 2. The van der Waals surface area contributed by atoms with Crippen molar-refractivity contribution in [2.75, 3.05) is 5.75 Å². The molecule has 2 aromatic rings. The Morgan fingerprint density at radius 2 is 1.91 bits per heavy atom. The van der Waals surface area contributed by atoms with Gasteiger partial charge in [-0.1, -0.05) is 48.0 Å². The van der Waals surface area contributed by atoms with Gasteiger partial charge in [0.1, 0.15) is 11.6 Å². The lowest BCUT2D eigenvalue weighted by molar-refractivity contribution is -0.119. The molecule has 0 bridgehead atoms. The van der Waals surface area contributed by atoms with Gasteiger partial charge in [-0.3, -0.25) is 9.00 Å². The maximum atomic E-state index is 13.7. The van der Waals surface area contributed by atoms with E-state index in [9.17, 15) is 13.4 Å². The fourth-order valence-electron chi connectivity index (χ4n) is 2.14. The van der Waals surface area contributed by atoms with Crippen LogP contribution in [-0.4, -0.2) is 15.9 Å². The summed E-state index contributed by atoms with van der Waals surface area (Å²) < 4.78 is 25.7. The van der Waals surface area contributed by atoms with Crippen molar-refractivity contribution >= 4 is 28.3 Å². The Bertz CT molecular complexity index is 689. The van der Waals surface area contributed by atoms with Crippen LogP contribution in [0.4, 0.5) is 4.39 Å². The van der Waals surface area contributed by atoms with Crippen LogP contribution in [0, 0.1) is 5.82 Å². The third-order valence-electron chi connectivity index (χ3n) is 3.34. The van der Waals surface area contributed by atoms with Crippen LogP contribution in [0.15, 0.2) is 48.5 Å². The van der Waals surface area contributed by atoms with Gasteiger partial charge in [-0.25, -0.2) is 4.39 Å². The molecule has 1 N–H and O–H groups in total. The first-order valence-corrected chi connectivity index (χ1v) is 8.96. The first-order chi connectivity index (χ1) is 11.0. The highest BCUT2D eigenvalue weighted by Gasteiger charge is 2.15. The van der Waals surface area contributed by atoms with Crippen molar-refractivity contribution in [3.05, 3.63) is 70.5 Å². The third kappa shape index (κ3) is 5.15. The Hall–Kier alpha value is -1.72. The standard InChI is InChI=1S/C17H17ClFNO2S/c1-12(13-6-3-2-4-7-13)20-17(21)11-23(22)10-14-15(18)8-5-9-16(14)19/h2-9,12H,10-11H2,1H3,(H,20,21). The maximum absolute atomic E-state index is 13.7. The van der Waals surface area contributed by atoms with Crippen LogP contribution in [0.5, 0.6) is 0 Å². The summed E-state index contributed by atoms with van der Waals surface area (Å²) in [7, 11) is -1.53. The second kappa shape index (κ2) is 8.22. The molecule has 0 aliphatic carbocycles. The predicted molar refractivity (Wildman–Crippen MR) is 91.1 cm³/mol. The minimum absolute atomic E-state index is 0.0847. The summed E-state index contributed by atoms with van der Waals surface area (Å²) >= 11 is 5.90. The summed E-state index contributed by atoms with van der Waals surface area (Å²) in [6.07, 6.45) is 0.